The van der Waals surface area contributed by atoms with E-state index >= 15 is 0 Å². The van der Waals surface area contributed by atoms with Crippen LogP contribution >= 0.6 is 15.9 Å². The average Bonchev–Trinajstić information content (AvgIpc) is 2.53. The highest BCUT2D eigenvalue weighted by Crippen LogP contribution is 2.65. The molecule has 2 bridgehead atoms. The van der Waals surface area contributed by atoms with Gasteiger partial charge in [-0.15, -0.1) is 0 Å². The predicted molar refractivity (Wildman–Crippen MR) is 63.9 cm³/mol. The van der Waals surface area contributed by atoms with Gasteiger partial charge in [0.25, 0.3) is 0 Å². The Morgan fingerprint density at radius 1 is 1.33 bits per heavy atom. The lowest BCUT2D eigenvalue weighted by Crippen LogP contribution is -2.65. The van der Waals surface area contributed by atoms with E-state index in [2.05, 4.69) is 36.7 Å². The second-order valence-electron chi connectivity index (χ2n) is 6.05. The fourth-order valence-corrected chi connectivity index (χ4v) is 4.30. The third-order valence-corrected chi connectivity index (χ3v) is 5.66. The lowest BCUT2D eigenvalue weighted by Gasteiger charge is -2.64. The van der Waals surface area contributed by atoms with Gasteiger partial charge in [-0.1, -0.05) is 29.8 Å². The Balaban J connectivity index is 1.89. The van der Waals surface area contributed by atoms with E-state index in [1.165, 1.54) is 12.8 Å². The van der Waals surface area contributed by atoms with Crippen LogP contribution in [-0.4, -0.2) is 24.1 Å². The molecule has 2 nitrogen and oxygen atoms in total. The van der Waals surface area contributed by atoms with Crippen molar-refractivity contribution in [3.05, 3.63) is 0 Å². The third kappa shape index (κ3) is 1.19. The number of alkyl halides is 1. The Kier molecular flexibility index (Phi) is 2.14. The Morgan fingerprint density at radius 2 is 2.07 bits per heavy atom. The summed E-state index contributed by atoms with van der Waals surface area (Å²) in [5, 5.41) is 0.789. The summed E-state index contributed by atoms with van der Waals surface area (Å²) in [6.07, 6.45) is 2.85. The van der Waals surface area contributed by atoms with Crippen molar-refractivity contribution in [3.63, 3.8) is 0 Å². The Labute approximate surface area is 100 Å². The second kappa shape index (κ2) is 3.02. The number of hydrogen-bond donors (Lipinski definition) is 0. The topological polar surface area (TPSA) is 18.5 Å². The van der Waals surface area contributed by atoms with Gasteiger partial charge in [-0.25, -0.2) is 0 Å². The summed E-state index contributed by atoms with van der Waals surface area (Å²) in [6, 6.07) is 0. The molecule has 4 rings (SSSR count). The molecule has 15 heavy (non-hydrogen) atoms. The molecule has 0 N–H and O–H groups in total. The quantitative estimate of drug-likeness (QED) is 0.540. The molecule has 0 aromatic heterocycles. The van der Waals surface area contributed by atoms with E-state index in [1.54, 1.807) is 0 Å². The van der Waals surface area contributed by atoms with Gasteiger partial charge in [-0.2, -0.15) is 0 Å². The van der Waals surface area contributed by atoms with Crippen LogP contribution < -0.4 is 0 Å². The van der Waals surface area contributed by atoms with Crippen LogP contribution in [0.1, 0.15) is 33.6 Å². The summed E-state index contributed by atoms with van der Waals surface area (Å²) in [4.78, 5) is 0. The summed E-state index contributed by atoms with van der Waals surface area (Å²) in [5.74, 6) is 1.52. The molecule has 0 radical (unpaired) electrons. The van der Waals surface area contributed by atoms with Gasteiger partial charge < -0.3 is 9.31 Å². The van der Waals surface area contributed by atoms with E-state index in [9.17, 15) is 0 Å². The predicted octanol–water partition coefficient (Wildman–Crippen LogP) is 2.65. The van der Waals surface area contributed by atoms with Gasteiger partial charge in [0.15, 0.2) is 0 Å². The molecular weight excluding hydrogens is 255 g/mol. The summed E-state index contributed by atoms with van der Waals surface area (Å²) < 4.78 is 12.1. The molecule has 1 heterocycles. The van der Waals surface area contributed by atoms with Crippen molar-refractivity contribution >= 4 is 23.0 Å². The maximum absolute atomic E-state index is 6.12. The van der Waals surface area contributed by atoms with E-state index in [4.69, 9.17) is 9.31 Å². The minimum atomic E-state index is -0.0323. The molecule has 1 saturated heterocycles. The first-order valence-electron chi connectivity index (χ1n) is 5.87. The zero-order valence-corrected chi connectivity index (χ0v) is 11.2. The van der Waals surface area contributed by atoms with Crippen LogP contribution in [-0.2, 0) is 9.31 Å². The number of halogens is 1. The lowest BCUT2D eigenvalue weighted by molar-refractivity contribution is -0.199. The van der Waals surface area contributed by atoms with Gasteiger partial charge in [-0.3, -0.25) is 0 Å². The second-order valence-corrected chi connectivity index (χ2v) is 6.70. The van der Waals surface area contributed by atoms with Crippen LogP contribution in [0.4, 0.5) is 0 Å². The van der Waals surface area contributed by atoms with E-state index < -0.39 is 0 Å². The van der Waals surface area contributed by atoms with Gasteiger partial charge in [0.2, 0.25) is 0 Å². The molecule has 4 heteroatoms. The first kappa shape index (κ1) is 10.6. The van der Waals surface area contributed by atoms with Crippen LogP contribution in [0.25, 0.3) is 0 Å². The molecule has 84 valence electrons. The zero-order chi connectivity index (χ0) is 10.8. The first-order valence-corrected chi connectivity index (χ1v) is 7.00. The van der Waals surface area contributed by atoms with E-state index in [0.717, 1.165) is 11.1 Å². The smallest absolute Gasteiger partial charge is 0.405 e. The van der Waals surface area contributed by atoms with Gasteiger partial charge in [-0.05, 0) is 37.0 Å². The van der Waals surface area contributed by atoms with Gasteiger partial charge in [0, 0.05) is 5.23 Å². The third-order valence-electron chi connectivity index (χ3n) is 5.13. The largest absolute Gasteiger partial charge is 0.468 e. The minimum Gasteiger partial charge on any atom is -0.405 e. The van der Waals surface area contributed by atoms with E-state index in [0.29, 0.717) is 17.4 Å². The van der Waals surface area contributed by atoms with Crippen LogP contribution in [0.3, 0.4) is 0 Å². The molecule has 4 aliphatic rings. The highest BCUT2D eigenvalue weighted by atomic mass is 79.9. The monoisotopic (exact) mass is 272 g/mol. The molecule has 0 aromatic carbocycles. The summed E-state index contributed by atoms with van der Waals surface area (Å²) in [5.41, 5.74) is 0.423. The van der Waals surface area contributed by atoms with Crippen molar-refractivity contribution < 1.29 is 9.31 Å². The maximum atomic E-state index is 6.12. The minimum absolute atomic E-state index is 0.0311. The molecular formula is C11H18BBrO2. The fourth-order valence-electron chi connectivity index (χ4n) is 4.02. The molecule has 4 atom stereocenters. The molecule has 0 amide bonds. The highest BCUT2D eigenvalue weighted by molar-refractivity contribution is 9.09. The SMILES string of the molecule is CC1(C)C2CC3OB(CBr)OC3(C)C1C2. The van der Waals surface area contributed by atoms with Crippen LogP contribution in [0.2, 0.25) is 0 Å². The van der Waals surface area contributed by atoms with Gasteiger partial charge in [0.1, 0.15) is 0 Å². The van der Waals surface area contributed by atoms with E-state index in [-0.39, 0.29) is 12.7 Å². The molecule has 0 aromatic rings. The lowest BCUT2D eigenvalue weighted by atomic mass is 9.43. The number of hydrogen-bond acceptors (Lipinski definition) is 2. The molecule has 0 spiro atoms. The van der Waals surface area contributed by atoms with Crippen molar-refractivity contribution in [3.8, 4) is 0 Å². The standard InChI is InChI=1S/C11H18BBrO2/c1-10(2)7-4-8(10)11(3)9(5-7)14-12(6-13)15-11/h7-9H,4-6H2,1-3H3. The molecule has 3 aliphatic carbocycles. The van der Waals surface area contributed by atoms with Gasteiger partial charge in [0.05, 0.1) is 11.7 Å². The Hall–Kier alpha value is 0.465. The van der Waals surface area contributed by atoms with Gasteiger partial charge >= 0.3 is 7.12 Å². The highest BCUT2D eigenvalue weighted by Gasteiger charge is 2.67. The molecule has 4 fully saturated rings. The zero-order valence-electron chi connectivity index (χ0n) is 9.63. The fraction of sp³-hybridized carbons (Fsp3) is 1.00. The normalized spacial score (nSPS) is 51.2. The van der Waals surface area contributed by atoms with Crippen molar-refractivity contribution in [2.75, 3.05) is 5.23 Å². The Bertz CT molecular complexity index is 296. The number of rotatable bonds is 1. The van der Waals surface area contributed by atoms with Crippen LogP contribution in [0.5, 0.6) is 0 Å². The van der Waals surface area contributed by atoms with Crippen molar-refractivity contribution in [1.29, 1.82) is 0 Å². The van der Waals surface area contributed by atoms with Crippen molar-refractivity contribution in [2.45, 2.75) is 45.3 Å². The summed E-state index contributed by atoms with van der Waals surface area (Å²) in [7, 11) is -0.0323. The summed E-state index contributed by atoms with van der Waals surface area (Å²) >= 11 is 3.45. The molecule has 4 unspecified atom stereocenters. The van der Waals surface area contributed by atoms with Crippen molar-refractivity contribution in [2.24, 2.45) is 17.3 Å². The molecule has 1 aliphatic heterocycles. The molecule has 3 saturated carbocycles. The van der Waals surface area contributed by atoms with Crippen LogP contribution in [0, 0.1) is 17.3 Å². The van der Waals surface area contributed by atoms with E-state index in [1.807, 2.05) is 0 Å². The first-order chi connectivity index (χ1) is 6.98. The Morgan fingerprint density at radius 3 is 2.67 bits per heavy atom. The average molecular weight is 273 g/mol. The van der Waals surface area contributed by atoms with Crippen molar-refractivity contribution in [1.82, 2.24) is 0 Å². The summed E-state index contributed by atoms with van der Waals surface area (Å²) in [6.45, 7) is 7.03. The maximum Gasteiger partial charge on any atom is 0.468 e. The van der Waals surface area contributed by atoms with Crippen LogP contribution in [0.15, 0.2) is 0 Å².